The molecule has 3 nitrogen and oxygen atoms in total. The summed E-state index contributed by atoms with van der Waals surface area (Å²) in [7, 11) is 0. The number of hydrogen-bond acceptors (Lipinski definition) is 3. The molecule has 2 rings (SSSR count). The highest BCUT2D eigenvalue weighted by molar-refractivity contribution is 7.98. The number of nitrogens with two attached hydrogens (primary N) is 1. The Hall–Kier alpha value is -0.870. The summed E-state index contributed by atoms with van der Waals surface area (Å²) < 4.78 is 0. The van der Waals surface area contributed by atoms with Gasteiger partial charge in [-0.25, -0.2) is 0 Å². The SMILES string of the molecule is N/C(=N/O)c1ccc(CSCC2CCCC2)c(Cl)c1. The Kier molecular flexibility index (Phi) is 5.40. The highest BCUT2D eigenvalue weighted by atomic mass is 35.5. The maximum absolute atomic E-state index is 8.63. The van der Waals surface area contributed by atoms with Gasteiger partial charge in [0, 0.05) is 16.3 Å². The minimum absolute atomic E-state index is 0.0899. The molecule has 0 heterocycles. The highest BCUT2D eigenvalue weighted by Crippen LogP contribution is 2.30. The van der Waals surface area contributed by atoms with E-state index in [0.29, 0.717) is 10.6 Å². The summed E-state index contributed by atoms with van der Waals surface area (Å²) in [4.78, 5) is 0. The van der Waals surface area contributed by atoms with Crippen molar-refractivity contribution in [2.45, 2.75) is 31.4 Å². The van der Waals surface area contributed by atoms with Crippen molar-refractivity contribution in [3.63, 3.8) is 0 Å². The van der Waals surface area contributed by atoms with Crippen molar-refractivity contribution in [2.24, 2.45) is 16.8 Å². The molecule has 1 saturated carbocycles. The summed E-state index contributed by atoms with van der Waals surface area (Å²) in [5.41, 5.74) is 7.29. The molecule has 1 fully saturated rings. The number of rotatable bonds is 5. The lowest BCUT2D eigenvalue weighted by atomic mass is 10.1. The van der Waals surface area contributed by atoms with Gasteiger partial charge < -0.3 is 10.9 Å². The van der Waals surface area contributed by atoms with Gasteiger partial charge in [0.15, 0.2) is 5.84 Å². The highest BCUT2D eigenvalue weighted by Gasteiger charge is 2.15. The van der Waals surface area contributed by atoms with Gasteiger partial charge in [-0.3, -0.25) is 0 Å². The molecule has 0 unspecified atom stereocenters. The molecule has 0 atom stereocenters. The van der Waals surface area contributed by atoms with E-state index in [9.17, 15) is 0 Å². The van der Waals surface area contributed by atoms with E-state index >= 15 is 0 Å². The van der Waals surface area contributed by atoms with E-state index in [1.165, 1.54) is 31.4 Å². The van der Waals surface area contributed by atoms with Crippen LogP contribution in [0.4, 0.5) is 0 Å². The average molecular weight is 299 g/mol. The van der Waals surface area contributed by atoms with Gasteiger partial charge in [0.2, 0.25) is 0 Å². The first-order chi connectivity index (χ1) is 9.20. The smallest absolute Gasteiger partial charge is 0.170 e. The largest absolute Gasteiger partial charge is 0.409 e. The number of oxime groups is 1. The Labute approximate surface area is 123 Å². The molecule has 0 amide bonds. The number of nitrogens with zero attached hydrogens (tertiary/aromatic N) is 1. The molecule has 0 radical (unpaired) electrons. The zero-order chi connectivity index (χ0) is 13.7. The van der Waals surface area contributed by atoms with E-state index in [1.54, 1.807) is 6.07 Å². The van der Waals surface area contributed by atoms with Crippen LogP contribution in [0.3, 0.4) is 0 Å². The topological polar surface area (TPSA) is 58.6 Å². The molecule has 1 aliphatic carbocycles. The van der Waals surface area contributed by atoms with Crippen LogP contribution < -0.4 is 5.73 Å². The molecule has 19 heavy (non-hydrogen) atoms. The first-order valence-corrected chi connectivity index (χ1v) is 8.08. The predicted molar refractivity (Wildman–Crippen MR) is 82.1 cm³/mol. The van der Waals surface area contributed by atoms with Crippen LogP contribution in [0.5, 0.6) is 0 Å². The molecule has 0 saturated heterocycles. The fourth-order valence-electron chi connectivity index (χ4n) is 2.39. The number of halogens is 1. The van der Waals surface area contributed by atoms with Crippen molar-refractivity contribution in [1.29, 1.82) is 0 Å². The lowest BCUT2D eigenvalue weighted by Gasteiger charge is -2.10. The third-order valence-corrected chi connectivity index (χ3v) is 5.12. The van der Waals surface area contributed by atoms with Gasteiger partial charge >= 0.3 is 0 Å². The zero-order valence-corrected chi connectivity index (χ0v) is 12.4. The third kappa shape index (κ3) is 4.05. The number of amidine groups is 1. The third-order valence-electron chi connectivity index (χ3n) is 3.54. The maximum Gasteiger partial charge on any atom is 0.170 e. The Morgan fingerprint density at radius 1 is 1.42 bits per heavy atom. The van der Waals surface area contributed by atoms with Crippen molar-refractivity contribution < 1.29 is 5.21 Å². The number of benzene rings is 1. The molecule has 0 bridgehead atoms. The fourth-order valence-corrected chi connectivity index (χ4v) is 3.98. The Morgan fingerprint density at radius 3 is 2.79 bits per heavy atom. The lowest BCUT2D eigenvalue weighted by Crippen LogP contribution is -2.13. The van der Waals surface area contributed by atoms with E-state index in [4.69, 9.17) is 22.5 Å². The first-order valence-electron chi connectivity index (χ1n) is 6.54. The van der Waals surface area contributed by atoms with Crippen molar-refractivity contribution in [1.82, 2.24) is 0 Å². The molecule has 5 heteroatoms. The van der Waals surface area contributed by atoms with Crippen molar-refractivity contribution in [3.05, 3.63) is 34.3 Å². The summed E-state index contributed by atoms with van der Waals surface area (Å²) in [6.45, 7) is 0. The van der Waals surface area contributed by atoms with E-state index in [1.807, 2.05) is 23.9 Å². The molecule has 0 aliphatic heterocycles. The van der Waals surface area contributed by atoms with Crippen molar-refractivity contribution in [2.75, 3.05) is 5.75 Å². The second-order valence-corrected chi connectivity index (χ2v) is 6.39. The second-order valence-electron chi connectivity index (χ2n) is 4.96. The van der Waals surface area contributed by atoms with Crippen LogP contribution >= 0.6 is 23.4 Å². The summed E-state index contributed by atoms with van der Waals surface area (Å²) in [5, 5.41) is 12.3. The summed E-state index contributed by atoms with van der Waals surface area (Å²) in [6.07, 6.45) is 5.53. The number of hydrogen-bond donors (Lipinski definition) is 2. The molecule has 1 aromatic rings. The standard InChI is InChI=1S/C14H19ClN2OS/c15-13-7-11(14(16)17-18)5-6-12(13)9-19-8-10-3-1-2-4-10/h5-7,10,18H,1-4,8-9H2,(H2,16,17). The van der Waals surface area contributed by atoms with Gasteiger partial charge in [0.25, 0.3) is 0 Å². The second kappa shape index (κ2) is 7.06. The molecular formula is C14H19ClN2OS. The van der Waals surface area contributed by atoms with Crippen LogP contribution in [0, 0.1) is 5.92 Å². The summed E-state index contributed by atoms with van der Waals surface area (Å²) in [5.74, 6) is 3.12. The van der Waals surface area contributed by atoms with E-state index in [2.05, 4.69) is 5.16 Å². The first kappa shape index (κ1) is 14.5. The Morgan fingerprint density at radius 2 is 2.16 bits per heavy atom. The number of thioether (sulfide) groups is 1. The molecule has 0 aromatic heterocycles. The molecule has 1 aliphatic rings. The van der Waals surface area contributed by atoms with Crippen molar-refractivity contribution >= 4 is 29.2 Å². The minimum Gasteiger partial charge on any atom is -0.409 e. The van der Waals surface area contributed by atoms with Crippen LogP contribution in [-0.4, -0.2) is 16.8 Å². The van der Waals surface area contributed by atoms with Gasteiger partial charge in [-0.15, -0.1) is 0 Å². The Balaban J connectivity index is 1.89. The summed E-state index contributed by atoms with van der Waals surface area (Å²) >= 11 is 8.16. The fraction of sp³-hybridized carbons (Fsp3) is 0.500. The van der Waals surface area contributed by atoms with Crippen LogP contribution in [0.2, 0.25) is 5.02 Å². The molecule has 3 N–H and O–H groups in total. The van der Waals surface area contributed by atoms with E-state index < -0.39 is 0 Å². The molecular weight excluding hydrogens is 280 g/mol. The van der Waals surface area contributed by atoms with Gasteiger partial charge in [-0.2, -0.15) is 11.8 Å². The quantitative estimate of drug-likeness (QED) is 0.375. The van der Waals surface area contributed by atoms with E-state index in [0.717, 1.165) is 17.2 Å². The van der Waals surface area contributed by atoms with Gasteiger partial charge in [0.05, 0.1) is 0 Å². The van der Waals surface area contributed by atoms with Crippen LogP contribution in [0.1, 0.15) is 36.8 Å². The maximum atomic E-state index is 8.63. The summed E-state index contributed by atoms with van der Waals surface area (Å²) in [6, 6.07) is 5.55. The van der Waals surface area contributed by atoms with Crippen LogP contribution in [0.25, 0.3) is 0 Å². The van der Waals surface area contributed by atoms with Crippen molar-refractivity contribution in [3.8, 4) is 0 Å². The average Bonchev–Trinajstić information content (AvgIpc) is 2.93. The normalized spacial score (nSPS) is 17.0. The zero-order valence-electron chi connectivity index (χ0n) is 10.8. The monoisotopic (exact) mass is 298 g/mol. The van der Waals surface area contributed by atoms with Gasteiger partial charge in [-0.1, -0.05) is 41.7 Å². The van der Waals surface area contributed by atoms with E-state index in [-0.39, 0.29) is 5.84 Å². The Bertz CT molecular complexity index is 459. The molecule has 0 spiro atoms. The minimum atomic E-state index is 0.0899. The molecule has 104 valence electrons. The van der Waals surface area contributed by atoms with Gasteiger partial charge in [-0.05, 0) is 36.1 Å². The molecule has 1 aromatic carbocycles. The van der Waals surface area contributed by atoms with Gasteiger partial charge in [0.1, 0.15) is 0 Å². The lowest BCUT2D eigenvalue weighted by molar-refractivity contribution is 0.318. The predicted octanol–water partition coefficient (Wildman–Crippen LogP) is 3.86. The van der Waals surface area contributed by atoms with Crippen LogP contribution in [0.15, 0.2) is 23.4 Å². The van der Waals surface area contributed by atoms with Crippen LogP contribution in [-0.2, 0) is 5.75 Å².